The van der Waals surface area contributed by atoms with Crippen molar-refractivity contribution in [2.75, 3.05) is 35.7 Å². The second kappa shape index (κ2) is 6.28. The molecule has 0 spiro atoms. The van der Waals surface area contributed by atoms with Gasteiger partial charge in [0.25, 0.3) is 0 Å². The second-order valence-electron chi connectivity index (χ2n) is 5.87. The van der Waals surface area contributed by atoms with E-state index in [2.05, 4.69) is 17.0 Å². The molecule has 0 aliphatic carbocycles. The van der Waals surface area contributed by atoms with Crippen LogP contribution in [0.3, 0.4) is 0 Å². The fourth-order valence-electron chi connectivity index (χ4n) is 3.16. The topological polar surface area (TPSA) is 46.6 Å². The molecule has 4 nitrogen and oxygen atoms in total. The molecule has 114 valence electrons. The Labute approximate surface area is 129 Å². The van der Waals surface area contributed by atoms with E-state index in [0.29, 0.717) is 6.42 Å². The minimum atomic E-state index is -0.743. The van der Waals surface area contributed by atoms with Gasteiger partial charge < -0.3 is 14.4 Å². The molecule has 21 heavy (non-hydrogen) atoms. The highest BCUT2D eigenvalue weighted by molar-refractivity contribution is 7.91. The van der Waals surface area contributed by atoms with Crippen LogP contribution in [0.5, 0.6) is 0 Å². The zero-order valence-corrected chi connectivity index (χ0v) is 13.3. The van der Waals surface area contributed by atoms with E-state index in [-0.39, 0.29) is 11.2 Å². The standard InChI is InChI=1S/C16H22N2O2S/c1-21(20)15-9-11-17(12-15)13-5-7-14(8-6-13)18-10-3-2-4-16(18)19/h5-8,15H,2-4,9-12H2,1H3. The van der Waals surface area contributed by atoms with Crippen LogP contribution in [0.25, 0.3) is 0 Å². The van der Waals surface area contributed by atoms with E-state index in [0.717, 1.165) is 50.3 Å². The molecule has 0 bridgehead atoms. The third-order valence-corrected chi connectivity index (χ3v) is 5.79. The number of nitrogens with zero attached hydrogens (tertiary/aromatic N) is 2. The maximum Gasteiger partial charge on any atom is 0.226 e. The lowest BCUT2D eigenvalue weighted by Crippen LogP contribution is -2.35. The van der Waals surface area contributed by atoms with Gasteiger partial charge in [-0.25, -0.2) is 0 Å². The zero-order valence-electron chi connectivity index (χ0n) is 12.5. The van der Waals surface area contributed by atoms with Crippen LogP contribution in [-0.4, -0.2) is 41.6 Å². The number of hydrogen-bond acceptors (Lipinski definition) is 3. The molecule has 0 radical (unpaired) electrons. The maximum atomic E-state index is 11.9. The first-order chi connectivity index (χ1) is 10.1. The van der Waals surface area contributed by atoms with Crippen molar-refractivity contribution in [3.8, 4) is 0 Å². The van der Waals surface area contributed by atoms with Gasteiger partial charge in [-0.15, -0.1) is 0 Å². The smallest absolute Gasteiger partial charge is 0.226 e. The van der Waals surface area contributed by atoms with Gasteiger partial charge in [-0.2, -0.15) is 0 Å². The lowest BCUT2D eigenvalue weighted by molar-refractivity contribution is -0.119. The van der Waals surface area contributed by atoms with E-state index in [9.17, 15) is 9.35 Å². The zero-order chi connectivity index (χ0) is 14.8. The van der Waals surface area contributed by atoms with Gasteiger partial charge in [0.15, 0.2) is 0 Å². The summed E-state index contributed by atoms with van der Waals surface area (Å²) in [5.41, 5.74) is 2.16. The van der Waals surface area contributed by atoms with Crippen molar-refractivity contribution in [3.05, 3.63) is 24.3 Å². The van der Waals surface area contributed by atoms with E-state index >= 15 is 0 Å². The molecule has 0 aromatic heterocycles. The Morgan fingerprint density at radius 1 is 1.14 bits per heavy atom. The summed E-state index contributed by atoms with van der Waals surface area (Å²) >= 11 is -0.743. The molecule has 5 heteroatoms. The summed E-state index contributed by atoms with van der Waals surface area (Å²) in [6.07, 6.45) is 5.55. The Hall–Kier alpha value is -1.20. The third-order valence-electron chi connectivity index (χ3n) is 4.46. The van der Waals surface area contributed by atoms with Gasteiger partial charge in [0, 0.05) is 37.3 Å². The van der Waals surface area contributed by atoms with Crippen molar-refractivity contribution in [1.82, 2.24) is 0 Å². The largest absolute Gasteiger partial charge is 0.616 e. The van der Waals surface area contributed by atoms with Crippen LogP contribution < -0.4 is 9.80 Å². The van der Waals surface area contributed by atoms with Gasteiger partial charge in [0.1, 0.15) is 5.25 Å². The van der Waals surface area contributed by atoms with Gasteiger partial charge in [-0.1, -0.05) is 11.2 Å². The molecule has 1 aromatic carbocycles. The first-order valence-electron chi connectivity index (χ1n) is 7.63. The number of amides is 1. The van der Waals surface area contributed by atoms with Crippen molar-refractivity contribution in [2.24, 2.45) is 0 Å². The van der Waals surface area contributed by atoms with E-state index in [1.165, 1.54) is 0 Å². The molecule has 2 aliphatic heterocycles. The van der Waals surface area contributed by atoms with Gasteiger partial charge in [-0.3, -0.25) is 4.79 Å². The second-order valence-corrected chi connectivity index (χ2v) is 7.54. The van der Waals surface area contributed by atoms with Crippen molar-refractivity contribution in [1.29, 1.82) is 0 Å². The molecule has 3 rings (SSSR count). The molecule has 2 saturated heterocycles. The monoisotopic (exact) mass is 306 g/mol. The minimum absolute atomic E-state index is 0.233. The van der Waals surface area contributed by atoms with Gasteiger partial charge >= 0.3 is 0 Å². The third kappa shape index (κ3) is 3.19. The highest BCUT2D eigenvalue weighted by Crippen LogP contribution is 2.27. The van der Waals surface area contributed by atoms with Crippen LogP contribution >= 0.6 is 0 Å². The number of rotatable bonds is 3. The Morgan fingerprint density at radius 3 is 2.48 bits per heavy atom. The number of hydrogen-bond donors (Lipinski definition) is 0. The Bertz CT molecular complexity index is 504. The molecule has 2 fully saturated rings. The Balaban J connectivity index is 1.68. The van der Waals surface area contributed by atoms with E-state index < -0.39 is 11.2 Å². The van der Waals surface area contributed by atoms with Crippen LogP contribution in [0.1, 0.15) is 25.7 Å². The van der Waals surface area contributed by atoms with Crippen LogP contribution in [0, 0.1) is 0 Å². The fourth-order valence-corrected chi connectivity index (χ4v) is 3.98. The van der Waals surface area contributed by atoms with Crippen molar-refractivity contribution >= 4 is 28.5 Å². The number of carbonyl (C=O) groups excluding carboxylic acids is 1. The van der Waals surface area contributed by atoms with Gasteiger partial charge in [-0.05, 0) is 37.1 Å². The van der Waals surface area contributed by atoms with Crippen molar-refractivity contribution in [3.63, 3.8) is 0 Å². The average molecular weight is 306 g/mol. The molecule has 2 unspecified atom stereocenters. The first-order valence-corrected chi connectivity index (χ1v) is 9.25. The normalized spacial score (nSPS) is 24.5. The number of piperidine rings is 1. The maximum absolute atomic E-state index is 11.9. The summed E-state index contributed by atoms with van der Waals surface area (Å²) in [6, 6.07) is 8.24. The highest BCUT2D eigenvalue weighted by Gasteiger charge is 2.29. The lowest BCUT2D eigenvalue weighted by atomic mass is 10.1. The molecular weight excluding hydrogens is 284 g/mol. The van der Waals surface area contributed by atoms with Gasteiger partial charge in [0.05, 0.1) is 12.8 Å². The quantitative estimate of drug-likeness (QED) is 0.804. The van der Waals surface area contributed by atoms with Gasteiger partial charge in [0.2, 0.25) is 5.91 Å². The Kier molecular flexibility index (Phi) is 4.40. The predicted octanol–water partition coefficient (Wildman–Crippen LogP) is 2.16. The van der Waals surface area contributed by atoms with Crippen LogP contribution in [0.2, 0.25) is 0 Å². The molecule has 2 heterocycles. The predicted molar refractivity (Wildman–Crippen MR) is 87.3 cm³/mol. The minimum Gasteiger partial charge on any atom is -0.616 e. The van der Waals surface area contributed by atoms with Crippen molar-refractivity contribution in [2.45, 2.75) is 30.9 Å². The summed E-state index contributed by atoms with van der Waals surface area (Å²) in [5, 5.41) is 0.286. The Morgan fingerprint density at radius 2 is 1.86 bits per heavy atom. The number of anilines is 2. The van der Waals surface area contributed by atoms with E-state index in [4.69, 9.17) is 0 Å². The summed E-state index contributed by atoms with van der Waals surface area (Å²) in [4.78, 5) is 16.1. The van der Waals surface area contributed by atoms with Crippen LogP contribution in [0.15, 0.2) is 24.3 Å². The summed E-state index contributed by atoms with van der Waals surface area (Å²) in [5.74, 6) is 0.233. The molecule has 1 amide bonds. The first kappa shape index (κ1) is 14.7. The summed E-state index contributed by atoms with van der Waals surface area (Å²) in [6.45, 7) is 2.66. The molecule has 1 aromatic rings. The molecule has 0 saturated carbocycles. The number of benzene rings is 1. The average Bonchev–Trinajstić information content (AvgIpc) is 2.98. The fraction of sp³-hybridized carbons (Fsp3) is 0.562. The highest BCUT2D eigenvalue weighted by atomic mass is 32.2. The lowest BCUT2D eigenvalue weighted by Gasteiger charge is -2.27. The van der Waals surface area contributed by atoms with Crippen LogP contribution in [0.4, 0.5) is 11.4 Å². The molecule has 2 atom stereocenters. The summed E-state index contributed by atoms with van der Waals surface area (Å²) in [7, 11) is 0. The number of carbonyl (C=O) groups is 1. The van der Waals surface area contributed by atoms with E-state index in [1.807, 2.05) is 17.0 Å². The van der Waals surface area contributed by atoms with Crippen molar-refractivity contribution < 1.29 is 9.35 Å². The molecule has 0 N–H and O–H groups in total. The van der Waals surface area contributed by atoms with Crippen LogP contribution in [-0.2, 0) is 16.0 Å². The molecule has 2 aliphatic rings. The van der Waals surface area contributed by atoms with E-state index in [1.54, 1.807) is 6.26 Å². The molecular formula is C16H22N2O2S. The summed E-state index contributed by atoms with van der Waals surface area (Å²) < 4.78 is 11.6. The SMILES string of the molecule is C[S+]([O-])C1CCN(c2ccc(N3CCCCC3=O)cc2)C1.